The predicted octanol–water partition coefficient (Wildman–Crippen LogP) is 4.24. The van der Waals surface area contributed by atoms with Gasteiger partial charge in [-0.05, 0) is 43.9 Å². The molecule has 2 heterocycles. The van der Waals surface area contributed by atoms with Crippen molar-refractivity contribution < 1.29 is 4.74 Å². The van der Waals surface area contributed by atoms with Crippen molar-refractivity contribution in [2.75, 3.05) is 11.9 Å². The van der Waals surface area contributed by atoms with E-state index in [2.05, 4.69) is 29.5 Å². The second-order valence-corrected chi connectivity index (χ2v) is 7.35. The molecule has 2 aromatic rings. The highest BCUT2D eigenvalue weighted by molar-refractivity contribution is 6.01. The van der Waals surface area contributed by atoms with E-state index in [0.717, 1.165) is 42.2 Å². The lowest BCUT2D eigenvalue weighted by Gasteiger charge is -2.14. The van der Waals surface area contributed by atoms with Crippen LogP contribution in [0.5, 0.6) is 5.75 Å². The summed E-state index contributed by atoms with van der Waals surface area (Å²) in [6.45, 7) is 5.12. The van der Waals surface area contributed by atoms with Gasteiger partial charge >= 0.3 is 0 Å². The van der Waals surface area contributed by atoms with Gasteiger partial charge in [-0.15, -0.1) is 0 Å². The minimum atomic E-state index is -0.136. The highest BCUT2D eigenvalue weighted by Crippen LogP contribution is 2.27. The first kappa shape index (κ1) is 19.2. The molecule has 0 saturated carbocycles. The summed E-state index contributed by atoms with van der Waals surface area (Å²) in [6.07, 6.45) is 8.90. The number of hydrogen-bond acceptors (Lipinski definition) is 5. The van der Waals surface area contributed by atoms with Crippen molar-refractivity contribution in [1.29, 1.82) is 0 Å². The molecule has 1 atom stereocenters. The molecule has 4 rings (SSSR count). The molecule has 150 valence electrons. The van der Waals surface area contributed by atoms with Crippen molar-refractivity contribution in [3.05, 3.63) is 76.0 Å². The van der Waals surface area contributed by atoms with E-state index in [4.69, 9.17) is 9.72 Å². The Labute approximate surface area is 170 Å². The number of fused-ring (bicyclic) bond motifs is 1. The molecule has 0 spiro atoms. The van der Waals surface area contributed by atoms with Crippen LogP contribution in [-0.2, 0) is 6.54 Å². The van der Waals surface area contributed by atoms with Crippen LogP contribution in [0.3, 0.4) is 0 Å². The summed E-state index contributed by atoms with van der Waals surface area (Å²) in [7, 11) is 0. The van der Waals surface area contributed by atoms with Crippen LogP contribution in [0.15, 0.2) is 64.0 Å². The maximum atomic E-state index is 12.9. The first-order valence-corrected chi connectivity index (χ1v) is 10.2. The van der Waals surface area contributed by atoms with Gasteiger partial charge in [0, 0.05) is 12.0 Å². The zero-order valence-corrected chi connectivity index (χ0v) is 16.9. The molecule has 29 heavy (non-hydrogen) atoms. The van der Waals surface area contributed by atoms with Crippen LogP contribution in [0.25, 0.3) is 0 Å². The second kappa shape index (κ2) is 8.47. The Morgan fingerprint density at radius 3 is 2.97 bits per heavy atom. The molecule has 0 radical (unpaired) electrons. The summed E-state index contributed by atoms with van der Waals surface area (Å²) < 4.78 is 7.15. The zero-order chi connectivity index (χ0) is 20.2. The molecule has 6 nitrogen and oxygen atoms in total. The van der Waals surface area contributed by atoms with Crippen molar-refractivity contribution in [3.8, 4) is 5.75 Å². The van der Waals surface area contributed by atoms with Gasteiger partial charge in [-0.1, -0.05) is 37.3 Å². The smallest absolute Gasteiger partial charge is 0.274 e. The summed E-state index contributed by atoms with van der Waals surface area (Å²) in [5, 5.41) is 8.02. The molecule has 6 heteroatoms. The van der Waals surface area contributed by atoms with Crippen LogP contribution in [0.4, 0.5) is 5.69 Å². The molecule has 1 aromatic heterocycles. The fraction of sp³-hybridized carbons (Fsp3) is 0.348. The van der Waals surface area contributed by atoms with Crippen LogP contribution >= 0.6 is 0 Å². The average molecular weight is 390 g/mol. The number of anilines is 1. The lowest BCUT2D eigenvalue weighted by Crippen LogP contribution is -2.24. The largest absolute Gasteiger partial charge is 0.492 e. The van der Waals surface area contributed by atoms with Gasteiger partial charge < -0.3 is 10.1 Å². The Morgan fingerprint density at radius 1 is 1.31 bits per heavy atom. The Kier molecular flexibility index (Phi) is 5.60. The first-order valence-electron chi connectivity index (χ1n) is 10.2. The molecule has 2 aliphatic rings. The third kappa shape index (κ3) is 4.16. The Balaban J connectivity index is 1.60. The summed E-state index contributed by atoms with van der Waals surface area (Å²) >= 11 is 0. The van der Waals surface area contributed by atoms with E-state index in [1.54, 1.807) is 6.07 Å². The van der Waals surface area contributed by atoms with E-state index in [-0.39, 0.29) is 11.5 Å². The topological polar surface area (TPSA) is 68.5 Å². The van der Waals surface area contributed by atoms with E-state index in [9.17, 15) is 4.79 Å². The number of benzene rings is 1. The van der Waals surface area contributed by atoms with E-state index >= 15 is 0 Å². The highest BCUT2D eigenvalue weighted by atomic mass is 16.5. The fourth-order valence-corrected chi connectivity index (χ4v) is 3.67. The van der Waals surface area contributed by atoms with Gasteiger partial charge in [0.05, 0.1) is 30.2 Å². The second-order valence-electron chi connectivity index (χ2n) is 7.35. The number of rotatable bonds is 6. The Bertz CT molecular complexity index is 1050. The third-order valence-corrected chi connectivity index (χ3v) is 5.24. The standard InChI is InChI=1S/C23H26N4O2/c1-3-29-21-11-7-6-10-20(21)24-15-18-14-22(28)27-23(25-18)16(2)12-13-19(26-27)17-8-4-5-9-17/h4-8,10-11,14,16,24H,3,9,12-13,15H2,1-2H3. The zero-order valence-electron chi connectivity index (χ0n) is 16.9. The average Bonchev–Trinajstić information content (AvgIpc) is 3.20. The van der Waals surface area contributed by atoms with Crippen LogP contribution in [0.1, 0.15) is 50.5 Å². The molecule has 0 amide bonds. The minimum absolute atomic E-state index is 0.136. The van der Waals surface area contributed by atoms with Gasteiger partial charge in [0.25, 0.3) is 5.56 Å². The number of hydrogen-bond donors (Lipinski definition) is 1. The number of ether oxygens (including phenoxy) is 1. The summed E-state index contributed by atoms with van der Waals surface area (Å²) in [5.41, 5.74) is 3.64. The molecule has 1 aromatic carbocycles. The molecule has 0 saturated heterocycles. The van der Waals surface area contributed by atoms with Gasteiger partial charge in [0.1, 0.15) is 11.6 Å². The van der Waals surface area contributed by atoms with E-state index < -0.39 is 0 Å². The van der Waals surface area contributed by atoms with Gasteiger partial charge in [-0.2, -0.15) is 9.78 Å². The molecule has 0 fully saturated rings. The van der Waals surface area contributed by atoms with Crippen LogP contribution in [0.2, 0.25) is 0 Å². The number of allylic oxidation sites excluding steroid dienone is 4. The fourth-order valence-electron chi connectivity index (χ4n) is 3.67. The van der Waals surface area contributed by atoms with Crippen molar-refractivity contribution >= 4 is 11.4 Å². The molecule has 1 unspecified atom stereocenters. The third-order valence-electron chi connectivity index (χ3n) is 5.24. The summed E-state index contributed by atoms with van der Waals surface area (Å²) in [4.78, 5) is 17.6. The minimum Gasteiger partial charge on any atom is -0.492 e. The normalized spacial score (nSPS) is 17.9. The molecule has 1 N–H and O–H groups in total. The molecule has 0 bridgehead atoms. The van der Waals surface area contributed by atoms with Crippen LogP contribution < -0.4 is 15.6 Å². The van der Waals surface area contributed by atoms with Gasteiger partial charge in [0.2, 0.25) is 0 Å². The number of nitrogens with zero attached hydrogens (tertiary/aromatic N) is 3. The van der Waals surface area contributed by atoms with Gasteiger partial charge in [-0.3, -0.25) is 4.79 Å². The van der Waals surface area contributed by atoms with E-state index in [0.29, 0.717) is 18.8 Å². The van der Waals surface area contributed by atoms with E-state index in [1.807, 2.05) is 37.3 Å². The van der Waals surface area contributed by atoms with E-state index in [1.165, 1.54) is 10.2 Å². The van der Waals surface area contributed by atoms with Gasteiger partial charge in [0.15, 0.2) is 0 Å². The lowest BCUT2D eigenvalue weighted by atomic mass is 9.99. The quantitative estimate of drug-likeness (QED) is 0.801. The van der Waals surface area contributed by atoms with Crippen LogP contribution in [-0.4, -0.2) is 22.0 Å². The number of nitrogens with one attached hydrogen (secondary N) is 1. The summed E-state index contributed by atoms with van der Waals surface area (Å²) in [6, 6.07) is 9.35. The predicted molar refractivity (Wildman–Crippen MR) is 116 cm³/mol. The van der Waals surface area contributed by atoms with Crippen molar-refractivity contribution in [3.63, 3.8) is 0 Å². The Morgan fingerprint density at radius 2 is 2.17 bits per heavy atom. The van der Waals surface area contributed by atoms with Crippen molar-refractivity contribution in [2.45, 2.75) is 45.6 Å². The van der Waals surface area contributed by atoms with Crippen molar-refractivity contribution in [1.82, 2.24) is 9.66 Å². The van der Waals surface area contributed by atoms with Crippen molar-refractivity contribution in [2.24, 2.45) is 5.10 Å². The maximum absolute atomic E-state index is 12.9. The highest BCUT2D eigenvalue weighted by Gasteiger charge is 2.22. The van der Waals surface area contributed by atoms with Crippen LogP contribution in [0, 0.1) is 0 Å². The molecule has 1 aliphatic heterocycles. The molecular formula is C23H26N4O2. The Hall–Kier alpha value is -3.15. The lowest BCUT2D eigenvalue weighted by molar-refractivity contribution is 0.341. The van der Waals surface area contributed by atoms with Gasteiger partial charge in [-0.25, -0.2) is 4.98 Å². The monoisotopic (exact) mass is 390 g/mol. The first-order chi connectivity index (χ1) is 14.2. The molecule has 1 aliphatic carbocycles. The number of aromatic nitrogens is 2. The SMILES string of the molecule is CCOc1ccccc1NCc1cc(=O)n2c(n1)C(C)CCC(C1=CC=CC1)=N2. The maximum Gasteiger partial charge on any atom is 0.274 e. The number of para-hydroxylation sites is 2. The molecular weight excluding hydrogens is 364 g/mol. The summed E-state index contributed by atoms with van der Waals surface area (Å²) in [5.74, 6) is 1.69.